The van der Waals surface area contributed by atoms with Crippen LogP contribution in [-0.4, -0.2) is 46.5 Å². The standard InChI is InChI=1S/C19H22F3N7O2/c1-2-7-28-9-12(3-5-23)10-29-18(28)15(16(24)27-29)17(30)26-13-8-25-6-4-14(13)31-11-19(20,21)22/h4,6,8,12H,2-3,7,9-11H2,1H3,(H2,24,27)(H,26,30). The van der Waals surface area contributed by atoms with Gasteiger partial charge >= 0.3 is 6.18 Å². The molecule has 9 nitrogen and oxygen atoms in total. The first kappa shape index (κ1) is 22.2. The van der Waals surface area contributed by atoms with E-state index in [4.69, 9.17) is 15.7 Å². The summed E-state index contributed by atoms with van der Waals surface area (Å²) in [7, 11) is 0. The Labute approximate surface area is 176 Å². The number of nitriles is 1. The molecule has 0 aliphatic carbocycles. The summed E-state index contributed by atoms with van der Waals surface area (Å²) in [4.78, 5) is 18.8. The van der Waals surface area contributed by atoms with Gasteiger partial charge in [-0.25, -0.2) is 4.68 Å². The summed E-state index contributed by atoms with van der Waals surface area (Å²) in [5.74, 6) is -0.247. The number of carbonyl (C=O) groups is 1. The molecule has 31 heavy (non-hydrogen) atoms. The average Bonchev–Trinajstić information content (AvgIpc) is 3.03. The Kier molecular flexibility index (Phi) is 6.53. The lowest BCUT2D eigenvalue weighted by Crippen LogP contribution is -2.39. The van der Waals surface area contributed by atoms with Gasteiger partial charge in [-0.15, -0.1) is 0 Å². The first-order valence-corrected chi connectivity index (χ1v) is 9.66. The Balaban J connectivity index is 1.88. The second-order valence-corrected chi connectivity index (χ2v) is 7.17. The molecule has 1 aliphatic rings. The normalized spacial score (nSPS) is 15.8. The van der Waals surface area contributed by atoms with Crippen LogP contribution >= 0.6 is 0 Å². The van der Waals surface area contributed by atoms with Crippen molar-refractivity contribution in [3.8, 4) is 11.8 Å². The number of fused-ring (bicyclic) bond motifs is 1. The Morgan fingerprint density at radius 3 is 2.90 bits per heavy atom. The van der Waals surface area contributed by atoms with E-state index in [9.17, 15) is 18.0 Å². The maximum absolute atomic E-state index is 13.0. The third-order valence-electron chi connectivity index (χ3n) is 4.68. The topological polar surface area (TPSA) is 122 Å². The van der Waals surface area contributed by atoms with E-state index in [0.29, 0.717) is 31.9 Å². The molecule has 166 valence electrons. The molecular weight excluding hydrogens is 415 g/mol. The zero-order valence-corrected chi connectivity index (χ0v) is 16.8. The lowest BCUT2D eigenvalue weighted by atomic mass is 10.0. The Morgan fingerprint density at radius 1 is 1.45 bits per heavy atom. The number of nitrogen functional groups attached to an aromatic ring is 1. The molecule has 0 spiro atoms. The van der Waals surface area contributed by atoms with Gasteiger partial charge in [-0.3, -0.25) is 9.78 Å². The van der Waals surface area contributed by atoms with Crippen molar-refractivity contribution < 1.29 is 22.7 Å². The van der Waals surface area contributed by atoms with Crippen LogP contribution < -0.4 is 20.7 Å². The molecule has 3 N–H and O–H groups in total. The number of hydrogen-bond donors (Lipinski definition) is 2. The highest BCUT2D eigenvalue weighted by Crippen LogP contribution is 2.34. The van der Waals surface area contributed by atoms with Gasteiger partial charge < -0.3 is 20.7 Å². The second-order valence-electron chi connectivity index (χ2n) is 7.17. The second kappa shape index (κ2) is 9.11. The van der Waals surface area contributed by atoms with Gasteiger partial charge in [-0.2, -0.15) is 23.5 Å². The van der Waals surface area contributed by atoms with Crippen LogP contribution in [0, 0.1) is 17.2 Å². The van der Waals surface area contributed by atoms with Crippen LogP contribution in [0.25, 0.3) is 0 Å². The summed E-state index contributed by atoms with van der Waals surface area (Å²) in [5, 5.41) is 15.8. The molecule has 3 rings (SSSR count). The molecule has 1 unspecified atom stereocenters. The molecule has 3 heterocycles. The molecule has 12 heteroatoms. The van der Waals surface area contributed by atoms with E-state index < -0.39 is 18.7 Å². The highest BCUT2D eigenvalue weighted by Gasteiger charge is 2.33. The molecule has 0 radical (unpaired) electrons. The number of carbonyl (C=O) groups excluding carboxylic acids is 1. The van der Waals surface area contributed by atoms with Crippen molar-refractivity contribution in [2.24, 2.45) is 5.92 Å². The fraction of sp³-hybridized carbons (Fsp3) is 0.474. The minimum Gasteiger partial charge on any atom is -0.482 e. The number of hydrogen-bond acceptors (Lipinski definition) is 7. The van der Waals surface area contributed by atoms with Gasteiger partial charge in [0, 0.05) is 44.2 Å². The van der Waals surface area contributed by atoms with Gasteiger partial charge in [0.25, 0.3) is 5.91 Å². The zero-order valence-electron chi connectivity index (χ0n) is 16.8. The molecule has 0 bridgehead atoms. The average molecular weight is 437 g/mol. The number of alkyl halides is 3. The van der Waals surface area contributed by atoms with Crippen LogP contribution in [-0.2, 0) is 6.54 Å². The fourth-order valence-corrected chi connectivity index (χ4v) is 3.51. The molecule has 2 aromatic rings. The van der Waals surface area contributed by atoms with Gasteiger partial charge in [0.05, 0.1) is 12.3 Å². The van der Waals surface area contributed by atoms with Crippen molar-refractivity contribution >= 4 is 23.2 Å². The summed E-state index contributed by atoms with van der Waals surface area (Å²) in [6.45, 7) is 2.11. The minimum atomic E-state index is -4.53. The summed E-state index contributed by atoms with van der Waals surface area (Å²) >= 11 is 0. The number of halogens is 3. The number of anilines is 3. The van der Waals surface area contributed by atoms with Crippen LogP contribution in [0.2, 0.25) is 0 Å². The maximum Gasteiger partial charge on any atom is 0.422 e. The number of nitrogens with one attached hydrogen (secondary N) is 1. The number of nitrogens with two attached hydrogens (primary N) is 1. The largest absolute Gasteiger partial charge is 0.482 e. The Morgan fingerprint density at radius 2 is 2.23 bits per heavy atom. The van der Waals surface area contributed by atoms with Crippen molar-refractivity contribution in [1.29, 1.82) is 5.26 Å². The molecule has 1 aliphatic heterocycles. The van der Waals surface area contributed by atoms with E-state index in [0.717, 1.165) is 6.42 Å². The highest BCUT2D eigenvalue weighted by molar-refractivity contribution is 6.11. The van der Waals surface area contributed by atoms with Gasteiger partial charge in [-0.05, 0) is 6.42 Å². The van der Waals surface area contributed by atoms with E-state index in [1.54, 1.807) is 4.68 Å². The number of amides is 1. The quantitative estimate of drug-likeness (QED) is 0.683. The maximum atomic E-state index is 13.0. The zero-order chi connectivity index (χ0) is 22.6. The first-order valence-electron chi connectivity index (χ1n) is 9.66. The highest BCUT2D eigenvalue weighted by atomic mass is 19.4. The van der Waals surface area contributed by atoms with Gasteiger partial charge in [-0.1, -0.05) is 6.92 Å². The van der Waals surface area contributed by atoms with Crippen LogP contribution in [0.4, 0.5) is 30.5 Å². The SMILES string of the molecule is CCCN1CC(CC#N)Cn2nc(N)c(C(=O)Nc3cnccc3OCC(F)(F)F)c21. The summed E-state index contributed by atoms with van der Waals surface area (Å²) in [5.41, 5.74) is 6.13. The van der Waals surface area contributed by atoms with Crippen molar-refractivity contribution in [2.45, 2.75) is 32.5 Å². The van der Waals surface area contributed by atoms with Crippen LogP contribution in [0.5, 0.6) is 5.75 Å². The molecule has 1 amide bonds. The predicted molar refractivity (Wildman–Crippen MR) is 107 cm³/mol. The molecular formula is C19H22F3N7O2. The monoisotopic (exact) mass is 437 g/mol. The molecule has 0 saturated carbocycles. The predicted octanol–water partition coefficient (Wildman–Crippen LogP) is 2.81. The van der Waals surface area contributed by atoms with Gasteiger partial charge in [0.15, 0.2) is 12.4 Å². The van der Waals surface area contributed by atoms with Crippen molar-refractivity contribution in [2.75, 3.05) is 35.6 Å². The molecule has 2 aromatic heterocycles. The number of ether oxygens (including phenoxy) is 1. The lowest BCUT2D eigenvalue weighted by Gasteiger charge is -2.34. The third kappa shape index (κ3) is 5.17. The lowest BCUT2D eigenvalue weighted by molar-refractivity contribution is -0.153. The Hall–Kier alpha value is -3.49. The number of aromatic nitrogens is 3. The first-order chi connectivity index (χ1) is 14.7. The van der Waals surface area contributed by atoms with E-state index in [1.165, 1.54) is 18.5 Å². The fourth-order valence-electron chi connectivity index (χ4n) is 3.51. The number of pyridine rings is 1. The van der Waals surface area contributed by atoms with Crippen molar-refractivity contribution in [3.05, 3.63) is 24.0 Å². The van der Waals surface area contributed by atoms with E-state index in [1.807, 2.05) is 11.8 Å². The van der Waals surface area contributed by atoms with Crippen LogP contribution in [0.1, 0.15) is 30.1 Å². The van der Waals surface area contributed by atoms with Crippen molar-refractivity contribution in [3.63, 3.8) is 0 Å². The minimum absolute atomic E-state index is 0.00661. The van der Waals surface area contributed by atoms with Crippen LogP contribution in [0.15, 0.2) is 18.5 Å². The summed E-state index contributed by atoms with van der Waals surface area (Å²) < 4.78 is 44.0. The molecule has 1 atom stereocenters. The summed E-state index contributed by atoms with van der Waals surface area (Å²) in [6.07, 6.45) is -0.931. The van der Waals surface area contributed by atoms with E-state index in [-0.39, 0.29) is 28.7 Å². The van der Waals surface area contributed by atoms with E-state index in [2.05, 4.69) is 21.5 Å². The third-order valence-corrected chi connectivity index (χ3v) is 4.68. The van der Waals surface area contributed by atoms with Gasteiger partial charge in [0.1, 0.15) is 22.8 Å². The molecule has 0 aromatic carbocycles. The number of nitrogens with zero attached hydrogens (tertiary/aromatic N) is 5. The van der Waals surface area contributed by atoms with E-state index >= 15 is 0 Å². The Bertz CT molecular complexity index is 984. The summed E-state index contributed by atoms with van der Waals surface area (Å²) in [6, 6.07) is 3.39. The number of rotatable bonds is 7. The van der Waals surface area contributed by atoms with Gasteiger partial charge in [0.2, 0.25) is 0 Å². The van der Waals surface area contributed by atoms with Crippen LogP contribution in [0.3, 0.4) is 0 Å². The smallest absolute Gasteiger partial charge is 0.422 e. The molecule has 0 fully saturated rings. The van der Waals surface area contributed by atoms with Crippen molar-refractivity contribution in [1.82, 2.24) is 14.8 Å². The molecule has 0 saturated heterocycles.